The minimum Gasteiger partial charge on any atom is -0.433 e. The Morgan fingerprint density at radius 1 is 0.391 bits per heavy atom. The third-order valence-corrected chi connectivity index (χ3v) is 15.0. The molecule has 0 aromatic heterocycles. The topological polar surface area (TPSA) is 128 Å². The van der Waals surface area contributed by atoms with E-state index < -0.39 is 73.5 Å². The zero-order valence-corrected chi connectivity index (χ0v) is 49.0. The lowest BCUT2D eigenvalue weighted by molar-refractivity contribution is -0.323. The molecule has 2 aliphatic rings. The van der Waals surface area contributed by atoms with Crippen LogP contribution in [0.3, 0.4) is 0 Å². The predicted octanol–water partition coefficient (Wildman–Crippen LogP) is 12.6. The molecule has 0 bridgehead atoms. The van der Waals surface area contributed by atoms with E-state index in [1.807, 2.05) is 243 Å². The Balaban J connectivity index is 0.917. The number of carbonyl (C=O) groups excluding carboxylic acids is 1. The molecule has 0 aliphatic carbocycles. The normalized spacial score (nSPS) is 22.1. The first-order valence-corrected chi connectivity index (χ1v) is 29.8. The molecule has 2 aliphatic heterocycles. The molecule has 13 nitrogen and oxygen atoms in total. The van der Waals surface area contributed by atoms with E-state index in [9.17, 15) is 4.79 Å². The second-order valence-corrected chi connectivity index (χ2v) is 21.4. The molecule has 0 spiro atoms. The fourth-order valence-electron chi connectivity index (χ4n) is 10.4. The fourth-order valence-corrected chi connectivity index (χ4v) is 10.4. The van der Waals surface area contributed by atoms with Crippen molar-refractivity contribution in [1.82, 2.24) is 0 Å². The van der Waals surface area contributed by atoms with Crippen molar-refractivity contribution in [1.29, 1.82) is 0 Å². The van der Waals surface area contributed by atoms with Crippen molar-refractivity contribution in [3.8, 4) is 11.8 Å². The predicted molar refractivity (Wildman–Crippen MR) is 329 cm³/mol. The minimum absolute atomic E-state index is 0.0182. The van der Waals surface area contributed by atoms with Gasteiger partial charge in [0.05, 0.1) is 59.5 Å². The molecule has 8 aromatic carbocycles. The Labute approximate surface area is 511 Å². The Kier molecular flexibility index (Phi) is 24.4. The molecular weight excluding hydrogens is 1100 g/mol. The highest BCUT2D eigenvalue weighted by Crippen LogP contribution is 2.34. The molecule has 0 saturated carbocycles. The van der Waals surface area contributed by atoms with Gasteiger partial charge in [0.15, 0.2) is 6.29 Å². The van der Waals surface area contributed by atoms with Crippen molar-refractivity contribution < 1.29 is 61.6 Å². The summed E-state index contributed by atoms with van der Waals surface area (Å²) >= 11 is 0. The van der Waals surface area contributed by atoms with E-state index in [2.05, 4.69) is 11.8 Å². The van der Waals surface area contributed by atoms with Crippen molar-refractivity contribution in [3.05, 3.63) is 287 Å². The van der Waals surface area contributed by atoms with E-state index in [4.69, 9.17) is 56.8 Å². The lowest BCUT2D eigenvalue weighted by Gasteiger charge is -2.45. The number of carbonyl (C=O) groups is 1. The number of hydrogen-bond donors (Lipinski definition) is 0. The third-order valence-electron chi connectivity index (χ3n) is 15.0. The second-order valence-electron chi connectivity index (χ2n) is 21.4. The molecule has 0 amide bonds. The monoisotopic (exact) mass is 1170 g/mol. The maximum atomic E-state index is 14.7. The van der Waals surface area contributed by atoms with Crippen LogP contribution in [0.15, 0.2) is 243 Å². The lowest BCUT2D eigenvalue weighted by atomic mass is 9.97. The van der Waals surface area contributed by atoms with Gasteiger partial charge in [-0.1, -0.05) is 242 Å². The van der Waals surface area contributed by atoms with E-state index in [-0.39, 0.29) is 65.7 Å². The average molecular weight is 1170 g/mol. The van der Waals surface area contributed by atoms with Crippen molar-refractivity contribution in [2.45, 2.75) is 127 Å². The van der Waals surface area contributed by atoms with Crippen LogP contribution >= 0.6 is 0 Å². The highest BCUT2D eigenvalue weighted by atomic mass is 16.7. The molecule has 0 N–H and O–H groups in total. The van der Waals surface area contributed by atoms with E-state index in [0.717, 1.165) is 44.5 Å². The maximum Gasteiger partial charge on any atom is 0.308 e. The Hall–Kier alpha value is -7.65. The standard InChI is InChI=1S/C74H76O13/c1-76-73-71(83-51-61-38-22-8-23-39-61)69(81-49-59-34-18-6-19-35-59)68(80-48-58-32-16-5-17-33-58)65(85-73)54-78-63(43-42-55-26-10-2-11-27-55)44-45-66(75)87-74-72(84-52-62-40-24-9-25-41-62)70(82-50-60-36-20-7-21-37-60)67(79-47-57-30-14-4-15-31-57)64(86-74)53-77-46-56-28-12-3-13-29-56/h2-41,63-65,67-74H,44-54H2,1H3/t63?,64-,65-,67-,68-,69+,70+,71-,72+,73+,74?/m1/s1. The van der Waals surface area contributed by atoms with Crippen molar-refractivity contribution in [3.63, 3.8) is 0 Å². The summed E-state index contributed by atoms with van der Waals surface area (Å²) in [6.45, 7) is 1.81. The van der Waals surface area contributed by atoms with Gasteiger partial charge in [0.25, 0.3) is 0 Å². The van der Waals surface area contributed by atoms with Crippen LogP contribution in [-0.4, -0.2) is 93.8 Å². The highest BCUT2D eigenvalue weighted by molar-refractivity contribution is 5.69. The van der Waals surface area contributed by atoms with Crippen LogP contribution in [0.2, 0.25) is 0 Å². The first kappa shape index (κ1) is 62.4. The second kappa shape index (κ2) is 34.0. The van der Waals surface area contributed by atoms with Gasteiger partial charge < -0.3 is 56.8 Å². The van der Waals surface area contributed by atoms with Crippen LogP contribution in [0, 0.1) is 11.8 Å². The summed E-state index contributed by atoms with van der Waals surface area (Å²) in [7, 11) is 1.59. The summed E-state index contributed by atoms with van der Waals surface area (Å²) in [6.07, 6.45) is -9.10. The molecule has 2 heterocycles. The van der Waals surface area contributed by atoms with Crippen molar-refractivity contribution in [2.24, 2.45) is 0 Å². The fraction of sp³-hybridized carbons (Fsp3) is 0.311. The molecule has 10 rings (SSSR count). The van der Waals surface area contributed by atoms with Crippen LogP contribution in [0.4, 0.5) is 0 Å². The van der Waals surface area contributed by atoms with Gasteiger partial charge in [-0.2, -0.15) is 0 Å². The van der Waals surface area contributed by atoms with Gasteiger partial charge in [0.1, 0.15) is 54.9 Å². The Morgan fingerprint density at radius 3 is 1.10 bits per heavy atom. The first-order valence-electron chi connectivity index (χ1n) is 29.8. The largest absolute Gasteiger partial charge is 0.433 e. The van der Waals surface area contributed by atoms with Gasteiger partial charge in [-0.25, -0.2) is 0 Å². The summed E-state index contributed by atoms with van der Waals surface area (Å²) in [5.41, 5.74) is 7.49. The molecule has 87 heavy (non-hydrogen) atoms. The quantitative estimate of drug-likeness (QED) is 0.0313. The number of methoxy groups -OCH3 is 1. The van der Waals surface area contributed by atoms with Crippen molar-refractivity contribution >= 4 is 5.97 Å². The average Bonchev–Trinajstić information content (AvgIpc) is 1.56. The Bertz CT molecular complexity index is 3250. The highest BCUT2D eigenvalue weighted by Gasteiger charge is 2.51. The Morgan fingerprint density at radius 2 is 0.713 bits per heavy atom. The van der Waals surface area contributed by atoms with Crippen LogP contribution < -0.4 is 0 Å². The first-order chi connectivity index (χ1) is 43.0. The van der Waals surface area contributed by atoms with Crippen LogP contribution in [0.5, 0.6) is 0 Å². The molecule has 8 aromatic rings. The van der Waals surface area contributed by atoms with Crippen LogP contribution in [0.25, 0.3) is 0 Å². The van der Waals surface area contributed by atoms with Gasteiger partial charge in [0, 0.05) is 19.1 Å². The summed E-state index contributed by atoms with van der Waals surface area (Å²) in [5, 5.41) is 0. The van der Waals surface area contributed by atoms with E-state index in [0.29, 0.717) is 6.61 Å². The number of esters is 1. The maximum absolute atomic E-state index is 14.7. The molecule has 2 unspecified atom stereocenters. The number of hydrogen-bond acceptors (Lipinski definition) is 13. The lowest BCUT2D eigenvalue weighted by Crippen LogP contribution is -2.62. The van der Waals surface area contributed by atoms with Gasteiger partial charge in [-0.15, -0.1) is 0 Å². The summed E-state index contributed by atoms with van der Waals surface area (Å²) < 4.78 is 80.6. The molecule has 11 atom stereocenters. The molecule has 0 radical (unpaired) electrons. The number of benzene rings is 8. The van der Waals surface area contributed by atoms with E-state index in [1.165, 1.54) is 0 Å². The SMILES string of the molecule is CO[C@H]1O[C@H](COC(C#Cc2ccccc2)CCC(=O)OC2O[C@H](COCc3ccccc3)[C@@H](OCc3ccccc3)[C@H](OCc3ccccc3)[C@@H]2OCc2ccccc2)[C@@H](OCc2ccccc2)[C@H](OCc2ccccc2)[C@H]1OCc1ccccc1. The van der Waals surface area contributed by atoms with E-state index in [1.54, 1.807) is 7.11 Å². The number of ether oxygens (including phenoxy) is 12. The van der Waals surface area contributed by atoms with Crippen LogP contribution in [-0.2, 0) is 108 Å². The molecule has 450 valence electrons. The smallest absolute Gasteiger partial charge is 0.308 e. The zero-order valence-electron chi connectivity index (χ0n) is 49.0. The summed E-state index contributed by atoms with van der Waals surface area (Å²) in [6, 6.07) is 79.0. The summed E-state index contributed by atoms with van der Waals surface area (Å²) in [4.78, 5) is 14.7. The third kappa shape index (κ3) is 19.4. The minimum atomic E-state index is -1.26. The van der Waals surface area contributed by atoms with Gasteiger partial charge in [-0.05, 0) is 57.5 Å². The van der Waals surface area contributed by atoms with E-state index >= 15 is 0 Å². The molecule has 2 fully saturated rings. The number of rotatable bonds is 30. The zero-order chi connectivity index (χ0) is 59.5. The summed E-state index contributed by atoms with van der Waals surface area (Å²) in [5.74, 6) is 6.04. The van der Waals surface area contributed by atoms with Gasteiger partial charge in [0.2, 0.25) is 6.29 Å². The van der Waals surface area contributed by atoms with Gasteiger partial charge >= 0.3 is 5.97 Å². The molecule has 2 saturated heterocycles. The van der Waals surface area contributed by atoms with Crippen LogP contribution in [0.1, 0.15) is 57.3 Å². The van der Waals surface area contributed by atoms with Gasteiger partial charge in [-0.3, -0.25) is 4.79 Å². The molecular formula is C74H76O13. The molecule has 13 heteroatoms. The van der Waals surface area contributed by atoms with Crippen molar-refractivity contribution in [2.75, 3.05) is 20.3 Å².